The second kappa shape index (κ2) is 2.27. The molecule has 0 saturated carbocycles. The summed E-state index contributed by atoms with van der Waals surface area (Å²) < 4.78 is 1.97. The lowest BCUT2D eigenvalue weighted by Crippen LogP contribution is -1.72. The fraction of sp³-hybridized carbons (Fsp3) is 0. The highest BCUT2D eigenvalue weighted by atomic mass is 127. The summed E-state index contributed by atoms with van der Waals surface area (Å²) in [4.78, 5) is 0. The highest BCUT2D eigenvalue weighted by Gasteiger charge is 1.94. The highest BCUT2D eigenvalue weighted by Crippen LogP contribution is 2.15. The second-order valence-electron chi connectivity index (χ2n) is 2.11. The van der Waals surface area contributed by atoms with E-state index >= 15 is 0 Å². The minimum Gasteiger partial charge on any atom is -0.280 e. The van der Waals surface area contributed by atoms with Crippen molar-refractivity contribution >= 4 is 33.8 Å². The predicted molar refractivity (Wildman–Crippen MR) is 50.2 cm³/mol. The Morgan fingerprint density at radius 3 is 2.90 bits per heavy atom. The number of aromatic nitrogens is 1. The number of hydrogen-bond acceptors (Lipinski definition) is 0. The van der Waals surface area contributed by atoms with Crippen molar-refractivity contribution in [3.63, 3.8) is 0 Å². The van der Waals surface area contributed by atoms with Crippen LogP contribution in [0.5, 0.6) is 0 Å². The summed E-state index contributed by atoms with van der Waals surface area (Å²) >= 11 is 2.21. The lowest BCUT2D eigenvalue weighted by atomic mass is 10.3. The van der Waals surface area contributed by atoms with Crippen molar-refractivity contribution in [3.8, 4) is 0 Å². The predicted octanol–water partition coefficient (Wildman–Crippen LogP) is 2.64. The van der Waals surface area contributed by atoms with Gasteiger partial charge < -0.3 is 0 Å². The molecule has 1 radical (unpaired) electrons. The van der Waals surface area contributed by atoms with Gasteiger partial charge in [0.25, 0.3) is 0 Å². The molecule has 2 heteroatoms. The Labute approximate surface area is 73.2 Å². The van der Waals surface area contributed by atoms with E-state index in [1.54, 1.807) is 0 Å². The molecule has 0 fully saturated rings. The van der Waals surface area contributed by atoms with Crippen molar-refractivity contribution in [1.82, 2.24) is 2.78 Å². The van der Waals surface area contributed by atoms with Crippen molar-refractivity contribution in [1.29, 1.82) is 0 Å². The second-order valence-corrected chi connectivity index (χ2v) is 3.08. The van der Waals surface area contributed by atoms with Crippen LogP contribution in [0.1, 0.15) is 0 Å². The van der Waals surface area contributed by atoms with Crippen molar-refractivity contribution in [2.24, 2.45) is 0 Å². The first-order valence-corrected chi connectivity index (χ1v) is 3.99. The minimum atomic E-state index is 1.23. The SMILES string of the molecule is In1[c]cc2ccccc21. The smallest absolute Gasteiger partial charge is 0.0762 e. The highest BCUT2D eigenvalue weighted by molar-refractivity contribution is 14.1. The van der Waals surface area contributed by atoms with Gasteiger partial charge >= 0.3 is 0 Å². The minimum absolute atomic E-state index is 1.23. The number of benzene rings is 1. The van der Waals surface area contributed by atoms with E-state index in [-0.39, 0.29) is 0 Å². The number of nitrogens with zero attached hydrogens (tertiary/aromatic N) is 1. The average molecular weight is 242 g/mol. The third kappa shape index (κ3) is 0.831. The zero-order valence-corrected chi connectivity index (χ0v) is 7.37. The van der Waals surface area contributed by atoms with Gasteiger partial charge in [0.15, 0.2) is 0 Å². The molecular weight excluding hydrogens is 237 g/mol. The van der Waals surface area contributed by atoms with Crippen LogP contribution in [0.2, 0.25) is 0 Å². The Bertz CT molecular complexity index is 351. The van der Waals surface area contributed by atoms with E-state index in [1.165, 1.54) is 10.9 Å². The number of fused-ring (bicyclic) bond motifs is 1. The topological polar surface area (TPSA) is 4.93 Å². The van der Waals surface area contributed by atoms with Crippen molar-refractivity contribution < 1.29 is 0 Å². The standard InChI is InChI=1S/C8H5IN/c9-10-6-5-7-3-1-2-4-8(7)10/h1-5H. The van der Waals surface area contributed by atoms with Crippen LogP contribution in [0.3, 0.4) is 0 Å². The summed E-state index contributed by atoms with van der Waals surface area (Å²) in [6.45, 7) is 0. The molecule has 1 aromatic heterocycles. The molecule has 49 valence electrons. The van der Waals surface area contributed by atoms with Gasteiger partial charge in [-0.3, -0.25) is 2.78 Å². The van der Waals surface area contributed by atoms with E-state index in [4.69, 9.17) is 0 Å². The van der Waals surface area contributed by atoms with Crippen LogP contribution in [-0.4, -0.2) is 2.78 Å². The third-order valence-corrected chi connectivity index (χ3v) is 2.28. The Morgan fingerprint density at radius 1 is 1.30 bits per heavy atom. The first-order chi connectivity index (χ1) is 4.88. The fourth-order valence-electron chi connectivity index (χ4n) is 0.984. The molecule has 0 bridgehead atoms. The van der Waals surface area contributed by atoms with Crippen LogP contribution < -0.4 is 0 Å². The van der Waals surface area contributed by atoms with E-state index < -0.39 is 0 Å². The van der Waals surface area contributed by atoms with Crippen molar-refractivity contribution in [2.75, 3.05) is 0 Å². The van der Waals surface area contributed by atoms with E-state index in [0.29, 0.717) is 0 Å². The van der Waals surface area contributed by atoms with Gasteiger partial charge in [-0.2, -0.15) is 0 Å². The van der Waals surface area contributed by atoms with Crippen LogP contribution in [-0.2, 0) is 0 Å². The first-order valence-electron chi connectivity index (χ1n) is 3.02. The maximum Gasteiger partial charge on any atom is 0.0762 e. The molecule has 2 rings (SSSR count). The Morgan fingerprint density at radius 2 is 2.10 bits per heavy atom. The molecule has 10 heavy (non-hydrogen) atoms. The van der Waals surface area contributed by atoms with Crippen molar-refractivity contribution in [3.05, 3.63) is 36.5 Å². The summed E-state index contributed by atoms with van der Waals surface area (Å²) in [5.41, 5.74) is 1.23. The molecule has 0 saturated heterocycles. The van der Waals surface area contributed by atoms with Crippen LogP contribution in [0.4, 0.5) is 0 Å². The normalized spacial score (nSPS) is 10.5. The largest absolute Gasteiger partial charge is 0.280 e. The lowest BCUT2D eigenvalue weighted by Gasteiger charge is -1.89. The van der Waals surface area contributed by atoms with Gasteiger partial charge in [0.2, 0.25) is 0 Å². The maximum absolute atomic E-state index is 3.08. The maximum atomic E-state index is 3.08. The number of para-hydroxylation sites is 1. The zero-order valence-electron chi connectivity index (χ0n) is 5.21. The molecule has 0 N–H and O–H groups in total. The molecule has 0 amide bonds. The molecule has 1 nitrogen and oxygen atoms in total. The van der Waals surface area contributed by atoms with Crippen molar-refractivity contribution in [2.45, 2.75) is 0 Å². The first kappa shape index (κ1) is 6.22. The van der Waals surface area contributed by atoms with Gasteiger partial charge in [-0.25, -0.2) is 0 Å². The van der Waals surface area contributed by atoms with Gasteiger partial charge in [-0.15, -0.1) is 0 Å². The monoisotopic (exact) mass is 242 g/mol. The number of halogens is 1. The summed E-state index contributed by atoms with van der Waals surface area (Å²) in [6, 6.07) is 10.2. The van der Waals surface area contributed by atoms with E-state index in [9.17, 15) is 0 Å². The molecule has 0 aliphatic carbocycles. The molecule has 0 aliphatic rings. The summed E-state index contributed by atoms with van der Waals surface area (Å²) in [5, 5.41) is 1.25. The van der Waals surface area contributed by atoms with E-state index in [1.807, 2.05) is 21.0 Å². The zero-order chi connectivity index (χ0) is 6.97. The number of hydrogen-bond donors (Lipinski definition) is 0. The molecule has 0 spiro atoms. The molecule has 2 aromatic rings. The molecule has 1 heterocycles. The van der Waals surface area contributed by atoms with Gasteiger partial charge in [-0.1, -0.05) is 18.2 Å². The van der Waals surface area contributed by atoms with Gasteiger partial charge in [0.1, 0.15) is 0 Å². The summed E-state index contributed by atoms with van der Waals surface area (Å²) in [5.74, 6) is 0. The molecule has 0 atom stereocenters. The molecular formula is C8H5IN. The lowest BCUT2D eigenvalue weighted by molar-refractivity contribution is 1.41. The quantitative estimate of drug-likeness (QED) is 0.626. The number of rotatable bonds is 0. The van der Waals surface area contributed by atoms with Crippen LogP contribution in [0, 0.1) is 6.20 Å². The Hall–Kier alpha value is -0.510. The Balaban J connectivity index is 2.93. The van der Waals surface area contributed by atoms with Gasteiger partial charge in [-0.05, 0) is 12.1 Å². The van der Waals surface area contributed by atoms with E-state index in [2.05, 4.69) is 41.2 Å². The van der Waals surface area contributed by atoms with Crippen LogP contribution >= 0.6 is 22.9 Å². The third-order valence-electron chi connectivity index (χ3n) is 1.48. The van der Waals surface area contributed by atoms with Crippen LogP contribution in [0.25, 0.3) is 10.9 Å². The van der Waals surface area contributed by atoms with Gasteiger partial charge in [0, 0.05) is 5.39 Å². The molecule has 0 unspecified atom stereocenters. The van der Waals surface area contributed by atoms with Crippen LogP contribution in [0.15, 0.2) is 30.3 Å². The fourth-order valence-corrected chi connectivity index (χ4v) is 1.56. The molecule has 0 aliphatic heterocycles. The Kier molecular flexibility index (Phi) is 1.41. The summed E-state index contributed by atoms with van der Waals surface area (Å²) in [7, 11) is 0. The van der Waals surface area contributed by atoms with E-state index in [0.717, 1.165) is 0 Å². The van der Waals surface area contributed by atoms with Gasteiger partial charge in [0.05, 0.1) is 34.6 Å². The average Bonchev–Trinajstić information content (AvgIpc) is 2.34. The molecule has 1 aromatic carbocycles. The summed E-state index contributed by atoms with van der Waals surface area (Å²) in [6.07, 6.45) is 3.08.